The topological polar surface area (TPSA) is 39.4 Å². The van der Waals surface area contributed by atoms with Gasteiger partial charge in [-0.05, 0) is 24.6 Å². The summed E-state index contributed by atoms with van der Waals surface area (Å²) in [6, 6.07) is 7.45. The summed E-state index contributed by atoms with van der Waals surface area (Å²) in [6.07, 6.45) is 0. The average molecular weight is 283 g/mol. The third kappa shape index (κ3) is 1.97. The third-order valence-electron chi connectivity index (χ3n) is 2.27. The maximum atomic E-state index is 11.5. The van der Waals surface area contributed by atoms with Gasteiger partial charge in [0, 0.05) is 10.7 Å². The van der Waals surface area contributed by atoms with Gasteiger partial charge in [-0.1, -0.05) is 28.1 Å². The predicted octanol–water partition coefficient (Wildman–Crippen LogP) is 3.50. The van der Waals surface area contributed by atoms with Crippen molar-refractivity contribution in [3.05, 3.63) is 35.6 Å². The molecule has 0 unspecified atom stereocenters. The Hall–Kier alpha value is -1.29. The zero-order valence-corrected chi connectivity index (χ0v) is 10.4. The Morgan fingerprint density at radius 3 is 3.00 bits per heavy atom. The highest BCUT2D eigenvalue weighted by molar-refractivity contribution is 9.08. The highest BCUT2D eigenvalue weighted by Gasteiger charge is 2.14. The van der Waals surface area contributed by atoms with Crippen LogP contribution in [0.3, 0.4) is 0 Å². The molecule has 2 aromatic rings. The normalized spacial score (nSPS) is 10.6. The lowest BCUT2D eigenvalue weighted by Crippen LogP contribution is -2.02. The van der Waals surface area contributed by atoms with Gasteiger partial charge in [-0.3, -0.25) is 0 Å². The lowest BCUT2D eigenvalue weighted by Gasteiger charge is -1.95. The smallest absolute Gasteiger partial charge is 0.374 e. The number of benzene rings is 1. The van der Waals surface area contributed by atoms with Crippen LogP contribution in [0.5, 0.6) is 0 Å². The van der Waals surface area contributed by atoms with Crippen LogP contribution < -0.4 is 0 Å². The largest absolute Gasteiger partial charge is 0.460 e. The van der Waals surface area contributed by atoms with Crippen molar-refractivity contribution in [3.8, 4) is 0 Å². The molecule has 0 saturated heterocycles. The summed E-state index contributed by atoms with van der Waals surface area (Å²) in [5.41, 5.74) is 1.80. The summed E-state index contributed by atoms with van der Waals surface area (Å²) >= 11 is 3.40. The van der Waals surface area contributed by atoms with Crippen LogP contribution in [0.15, 0.2) is 28.7 Å². The maximum absolute atomic E-state index is 11.5. The second kappa shape index (κ2) is 4.70. The van der Waals surface area contributed by atoms with Crippen molar-refractivity contribution < 1.29 is 13.9 Å². The monoisotopic (exact) mass is 282 g/mol. The lowest BCUT2D eigenvalue weighted by atomic mass is 10.1. The number of hydrogen-bond acceptors (Lipinski definition) is 3. The van der Waals surface area contributed by atoms with Crippen molar-refractivity contribution in [1.29, 1.82) is 0 Å². The number of halogens is 1. The highest BCUT2D eigenvalue weighted by atomic mass is 79.9. The van der Waals surface area contributed by atoms with E-state index < -0.39 is 5.97 Å². The molecular formula is C12H11BrO3. The summed E-state index contributed by atoms with van der Waals surface area (Å²) in [6.45, 7) is 2.12. The first-order valence-electron chi connectivity index (χ1n) is 5.00. The molecular weight excluding hydrogens is 272 g/mol. The van der Waals surface area contributed by atoms with E-state index in [1.807, 2.05) is 18.2 Å². The first kappa shape index (κ1) is 11.2. The molecule has 84 valence electrons. The number of carbonyl (C=O) groups excluding carboxylic acids is 1. The molecule has 4 heteroatoms. The zero-order valence-electron chi connectivity index (χ0n) is 8.83. The lowest BCUT2D eigenvalue weighted by molar-refractivity contribution is 0.0492. The fourth-order valence-electron chi connectivity index (χ4n) is 1.54. The third-order valence-corrected chi connectivity index (χ3v) is 2.88. The summed E-state index contributed by atoms with van der Waals surface area (Å²) in [5.74, 6) is -0.163. The van der Waals surface area contributed by atoms with Crippen LogP contribution in [0.1, 0.15) is 23.0 Å². The molecule has 3 nitrogen and oxygen atoms in total. The average Bonchev–Trinajstić information content (AvgIpc) is 2.72. The molecule has 1 aromatic heterocycles. The van der Waals surface area contributed by atoms with Crippen molar-refractivity contribution in [2.45, 2.75) is 12.3 Å². The Bertz CT molecular complexity index is 516. The van der Waals surface area contributed by atoms with Gasteiger partial charge in [-0.25, -0.2) is 4.79 Å². The SMILES string of the molecule is CCOC(=O)c1cc2c(CBr)cccc2o1. The Kier molecular flexibility index (Phi) is 3.29. The van der Waals surface area contributed by atoms with Gasteiger partial charge in [-0.15, -0.1) is 0 Å². The molecule has 1 aromatic carbocycles. The van der Waals surface area contributed by atoms with Gasteiger partial charge in [0.1, 0.15) is 5.58 Å². The summed E-state index contributed by atoms with van der Waals surface area (Å²) in [5, 5.41) is 1.68. The second-order valence-electron chi connectivity index (χ2n) is 3.29. The van der Waals surface area contributed by atoms with Crippen LogP contribution >= 0.6 is 15.9 Å². The van der Waals surface area contributed by atoms with E-state index >= 15 is 0 Å². The van der Waals surface area contributed by atoms with E-state index in [0.29, 0.717) is 12.2 Å². The Labute approximate surface area is 102 Å². The van der Waals surface area contributed by atoms with Crippen LogP contribution in [-0.4, -0.2) is 12.6 Å². The molecule has 0 aliphatic heterocycles. The van der Waals surface area contributed by atoms with E-state index in [1.54, 1.807) is 13.0 Å². The van der Waals surface area contributed by atoms with Crippen LogP contribution in [-0.2, 0) is 10.1 Å². The molecule has 16 heavy (non-hydrogen) atoms. The number of furan rings is 1. The summed E-state index contributed by atoms with van der Waals surface area (Å²) < 4.78 is 10.3. The van der Waals surface area contributed by atoms with Gasteiger partial charge in [-0.2, -0.15) is 0 Å². The zero-order chi connectivity index (χ0) is 11.5. The molecule has 0 fully saturated rings. The number of hydrogen-bond donors (Lipinski definition) is 0. The summed E-state index contributed by atoms with van der Waals surface area (Å²) in [7, 11) is 0. The van der Waals surface area contributed by atoms with E-state index in [-0.39, 0.29) is 5.76 Å². The molecule has 2 rings (SSSR count). The maximum Gasteiger partial charge on any atom is 0.374 e. The molecule has 0 atom stereocenters. The molecule has 0 spiro atoms. The van der Waals surface area contributed by atoms with E-state index in [0.717, 1.165) is 16.3 Å². The van der Waals surface area contributed by atoms with Crippen molar-refractivity contribution >= 4 is 32.9 Å². The highest BCUT2D eigenvalue weighted by Crippen LogP contribution is 2.25. The first-order chi connectivity index (χ1) is 7.76. The molecule has 1 heterocycles. The van der Waals surface area contributed by atoms with Crippen LogP contribution in [0.2, 0.25) is 0 Å². The van der Waals surface area contributed by atoms with Crippen LogP contribution in [0, 0.1) is 0 Å². The summed E-state index contributed by atoms with van der Waals surface area (Å²) in [4.78, 5) is 11.5. The Balaban J connectivity index is 2.47. The fourth-order valence-corrected chi connectivity index (χ4v) is 2.03. The molecule has 0 bridgehead atoms. The van der Waals surface area contributed by atoms with Gasteiger partial charge >= 0.3 is 5.97 Å². The number of fused-ring (bicyclic) bond motifs is 1. The molecule has 0 radical (unpaired) electrons. The predicted molar refractivity (Wildman–Crippen MR) is 64.8 cm³/mol. The molecule has 0 amide bonds. The number of alkyl halides is 1. The molecule has 0 aliphatic carbocycles. The van der Waals surface area contributed by atoms with Crippen molar-refractivity contribution in [2.24, 2.45) is 0 Å². The van der Waals surface area contributed by atoms with Gasteiger partial charge in [0.05, 0.1) is 6.61 Å². The first-order valence-corrected chi connectivity index (χ1v) is 6.13. The van der Waals surface area contributed by atoms with E-state index in [9.17, 15) is 4.79 Å². The number of carbonyl (C=O) groups is 1. The van der Waals surface area contributed by atoms with Crippen LogP contribution in [0.4, 0.5) is 0 Å². The second-order valence-corrected chi connectivity index (χ2v) is 3.85. The van der Waals surface area contributed by atoms with Crippen molar-refractivity contribution in [1.82, 2.24) is 0 Å². The standard InChI is InChI=1S/C12H11BrO3/c1-2-15-12(14)11-6-9-8(7-13)4-3-5-10(9)16-11/h3-6H,2,7H2,1H3. The van der Waals surface area contributed by atoms with Crippen molar-refractivity contribution in [2.75, 3.05) is 6.61 Å². The quantitative estimate of drug-likeness (QED) is 0.639. The van der Waals surface area contributed by atoms with Crippen molar-refractivity contribution in [3.63, 3.8) is 0 Å². The van der Waals surface area contributed by atoms with Gasteiger partial charge in [0.25, 0.3) is 0 Å². The minimum Gasteiger partial charge on any atom is -0.460 e. The number of esters is 1. The number of ether oxygens (including phenoxy) is 1. The van der Waals surface area contributed by atoms with Gasteiger partial charge in [0.15, 0.2) is 0 Å². The van der Waals surface area contributed by atoms with E-state index in [4.69, 9.17) is 9.15 Å². The van der Waals surface area contributed by atoms with Gasteiger partial charge < -0.3 is 9.15 Å². The Morgan fingerprint density at radius 2 is 2.31 bits per heavy atom. The van der Waals surface area contributed by atoms with E-state index in [1.165, 1.54) is 0 Å². The molecule has 0 N–H and O–H groups in total. The van der Waals surface area contributed by atoms with Gasteiger partial charge in [0.2, 0.25) is 5.76 Å². The fraction of sp³-hybridized carbons (Fsp3) is 0.250. The number of rotatable bonds is 3. The molecule has 0 saturated carbocycles. The van der Waals surface area contributed by atoms with E-state index in [2.05, 4.69) is 15.9 Å². The Morgan fingerprint density at radius 1 is 1.50 bits per heavy atom. The minimum absolute atomic E-state index is 0.255. The van der Waals surface area contributed by atoms with Crippen LogP contribution in [0.25, 0.3) is 11.0 Å². The molecule has 0 aliphatic rings. The minimum atomic E-state index is -0.417.